The summed E-state index contributed by atoms with van der Waals surface area (Å²) in [5.74, 6) is 2.40. The van der Waals surface area contributed by atoms with Crippen LogP contribution in [-0.4, -0.2) is 35.5 Å². The lowest BCUT2D eigenvalue weighted by Crippen LogP contribution is -2.24. The molecule has 7 heteroatoms. The van der Waals surface area contributed by atoms with E-state index >= 15 is 0 Å². The van der Waals surface area contributed by atoms with Gasteiger partial charge in [0.05, 0.1) is 58.5 Å². The van der Waals surface area contributed by atoms with E-state index in [0.29, 0.717) is 34.4 Å². The first-order valence-electron chi connectivity index (χ1n) is 11.8. The molecule has 0 radical (unpaired) electrons. The summed E-state index contributed by atoms with van der Waals surface area (Å²) < 4.78 is 43.8. The molecule has 1 heterocycles. The van der Waals surface area contributed by atoms with Crippen molar-refractivity contribution in [1.29, 1.82) is 0 Å². The third-order valence-electron chi connectivity index (χ3n) is 6.72. The molecule has 0 unspecified atom stereocenters. The molecule has 0 amide bonds. The van der Waals surface area contributed by atoms with Crippen molar-refractivity contribution in [3.8, 4) is 28.7 Å². The van der Waals surface area contributed by atoms with Crippen LogP contribution in [0.4, 0.5) is 21.5 Å². The zero-order valence-electron chi connectivity index (χ0n) is 21.4. The Bertz CT molecular complexity index is 1380. The summed E-state index contributed by atoms with van der Waals surface area (Å²) in [6, 6.07) is 21.8. The molecule has 0 saturated carbocycles. The van der Waals surface area contributed by atoms with Gasteiger partial charge in [-0.05, 0) is 48.5 Å². The molecule has 0 spiro atoms. The molecule has 0 atom stereocenters. The number of rotatable bonds is 7. The monoisotopic (exact) mass is 501 g/mol. The van der Waals surface area contributed by atoms with Crippen LogP contribution < -0.4 is 28.6 Å². The fraction of sp³-hybridized carbons (Fsp3) is 0.200. The Morgan fingerprint density at radius 2 is 0.946 bits per heavy atom. The quantitative estimate of drug-likeness (QED) is 0.244. The summed E-state index contributed by atoms with van der Waals surface area (Å²) in [6.07, 6.45) is 0. The van der Waals surface area contributed by atoms with Crippen molar-refractivity contribution in [2.75, 3.05) is 40.4 Å². The molecule has 0 aromatic heterocycles. The van der Waals surface area contributed by atoms with Crippen LogP contribution in [0.1, 0.15) is 22.6 Å². The van der Waals surface area contributed by atoms with Crippen molar-refractivity contribution in [3.05, 3.63) is 95.3 Å². The van der Waals surface area contributed by atoms with Crippen molar-refractivity contribution in [3.63, 3.8) is 0 Å². The minimum atomic E-state index is -0.390. The second kappa shape index (κ2) is 9.93. The number of nitrogens with zero attached hydrogens (tertiary/aromatic N) is 1. The first-order chi connectivity index (χ1) is 18.1. The highest BCUT2D eigenvalue weighted by Crippen LogP contribution is 2.59. The number of fused-ring (bicyclic) bond motifs is 2. The fourth-order valence-electron chi connectivity index (χ4n) is 5.22. The fourth-order valence-corrected chi connectivity index (χ4v) is 5.22. The predicted molar refractivity (Wildman–Crippen MR) is 141 cm³/mol. The Labute approximate surface area is 215 Å². The number of halogens is 1. The van der Waals surface area contributed by atoms with E-state index in [9.17, 15) is 4.39 Å². The van der Waals surface area contributed by atoms with Gasteiger partial charge >= 0.3 is 0 Å². The average molecular weight is 502 g/mol. The molecule has 4 aromatic rings. The molecule has 5 rings (SSSR count). The minimum absolute atomic E-state index is 0.377. The molecular formula is C30H28FNO5. The molecule has 4 aromatic carbocycles. The Hall–Kier alpha value is -4.39. The summed E-state index contributed by atoms with van der Waals surface area (Å²) in [5.41, 5.74) is 4.71. The molecule has 0 N–H and O–H groups in total. The molecule has 190 valence electrons. The number of hydrogen-bond acceptors (Lipinski definition) is 6. The summed E-state index contributed by atoms with van der Waals surface area (Å²) in [5, 5.41) is 0. The smallest absolute Gasteiger partial charge is 0.143 e. The molecule has 6 nitrogen and oxygen atoms in total. The van der Waals surface area contributed by atoms with Gasteiger partial charge in [0.15, 0.2) is 0 Å². The SMILES string of the molecule is COc1ccc(F)cc1N1c2cccc(OC)c2C(c2c(OC)cccc2OC)c2c(OC)cccc21. The van der Waals surface area contributed by atoms with E-state index in [0.717, 1.165) is 28.1 Å². The van der Waals surface area contributed by atoms with Gasteiger partial charge in [0, 0.05) is 22.8 Å². The van der Waals surface area contributed by atoms with Gasteiger partial charge in [-0.3, -0.25) is 0 Å². The molecule has 0 bridgehead atoms. The van der Waals surface area contributed by atoms with E-state index in [4.69, 9.17) is 23.7 Å². The second-order valence-electron chi connectivity index (χ2n) is 8.45. The third-order valence-corrected chi connectivity index (χ3v) is 6.72. The van der Waals surface area contributed by atoms with Crippen LogP contribution in [0, 0.1) is 5.82 Å². The normalized spacial score (nSPS) is 12.4. The van der Waals surface area contributed by atoms with Crippen molar-refractivity contribution >= 4 is 17.1 Å². The predicted octanol–water partition coefficient (Wildman–Crippen LogP) is 6.83. The number of methoxy groups -OCH3 is 5. The van der Waals surface area contributed by atoms with Gasteiger partial charge in [-0.1, -0.05) is 18.2 Å². The topological polar surface area (TPSA) is 49.4 Å². The molecule has 0 saturated heterocycles. The van der Waals surface area contributed by atoms with Gasteiger partial charge in [-0.25, -0.2) is 4.39 Å². The minimum Gasteiger partial charge on any atom is -0.496 e. The number of hydrogen-bond donors (Lipinski definition) is 0. The highest BCUT2D eigenvalue weighted by molar-refractivity contribution is 5.91. The van der Waals surface area contributed by atoms with Crippen LogP contribution in [0.2, 0.25) is 0 Å². The van der Waals surface area contributed by atoms with Crippen LogP contribution in [0.5, 0.6) is 28.7 Å². The third kappa shape index (κ3) is 3.87. The lowest BCUT2D eigenvalue weighted by Gasteiger charge is -2.40. The van der Waals surface area contributed by atoms with Crippen LogP contribution in [0.25, 0.3) is 0 Å². The Balaban J connectivity index is 1.95. The highest BCUT2D eigenvalue weighted by atomic mass is 19.1. The Morgan fingerprint density at radius 1 is 0.514 bits per heavy atom. The lowest BCUT2D eigenvalue weighted by atomic mass is 9.78. The van der Waals surface area contributed by atoms with Crippen molar-refractivity contribution in [2.45, 2.75) is 5.92 Å². The van der Waals surface area contributed by atoms with Gasteiger partial charge in [-0.15, -0.1) is 0 Å². The van der Waals surface area contributed by atoms with E-state index in [-0.39, 0.29) is 11.7 Å². The van der Waals surface area contributed by atoms with E-state index < -0.39 is 0 Å². The average Bonchev–Trinajstić information content (AvgIpc) is 2.94. The first-order valence-corrected chi connectivity index (χ1v) is 11.8. The van der Waals surface area contributed by atoms with Crippen molar-refractivity contribution in [1.82, 2.24) is 0 Å². The van der Waals surface area contributed by atoms with E-state index in [1.54, 1.807) is 41.6 Å². The Kier molecular flexibility index (Phi) is 6.53. The summed E-state index contributed by atoms with van der Waals surface area (Å²) >= 11 is 0. The number of ether oxygens (including phenoxy) is 5. The largest absolute Gasteiger partial charge is 0.496 e. The second-order valence-corrected chi connectivity index (χ2v) is 8.45. The molecule has 0 fully saturated rings. The zero-order valence-corrected chi connectivity index (χ0v) is 21.4. The van der Waals surface area contributed by atoms with Gasteiger partial charge in [0.2, 0.25) is 0 Å². The summed E-state index contributed by atoms with van der Waals surface area (Å²) in [6.45, 7) is 0. The maximum absolute atomic E-state index is 14.7. The molecule has 1 aliphatic rings. The maximum Gasteiger partial charge on any atom is 0.143 e. The molecular weight excluding hydrogens is 473 g/mol. The van der Waals surface area contributed by atoms with Gasteiger partial charge < -0.3 is 28.6 Å². The van der Waals surface area contributed by atoms with Crippen molar-refractivity contribution < 1.29 is 28.1 Å². The molecule has 1 aliphatic heterocycles. The number of benzene rings is 4. The van der Waals surface area contributed by atoms with E-state index in [1.165, 1.54) is 12.1 Å². The van der Waals surface area contributed by atoms with Gasteiger partial charge in [0.1, 0.15) is 34.6 Å². The van der Waals surface area contributed by atoms with E-state index in [1.807, 2.05) is 59.5 Å². The molecule has 37 heavy (non-hydrogen) atoms. The maximum atomic E-state index is 14.7. The van der Waals surface area contributed by atoms with Gasteiger partial charge in [0.25, 0.3) is 0 Å². The van der Waals surface area contributed by atoms with Crippen LogP contribution >= 0.6 is 0 Å². The Morgan fingerprint density at radius 3 is 1.41 bits per heavy atom. The summed E-state index contributed by atoms with van der Waals surface area (Å²) in [7, 11) is 8.12. The van der Waals surface area contributed by atoms with E-state index in [2.05, 4.69) is 0 Å². The standard InChI is InChI=1S/C30H28FNO5/c1-33-22-16-15-18(31)17-21(22)32-19-9-6-11-23(34-2)27(19)30(28-20(32)10-7-12-24(28)35-3)29-25(36-4)13-8-14-26(29)37-5/h6-17,30H,1-5H3. The number of anilines is 3. The van der Waals surface area contributed by atoms with Crippen molar-refractivity contribution in [2.24, 2.45) is 0 Å². The summed E-state index contributed by atoms with van der Waals surface area (Å²) in [4.78, 5) is 1.98. The molecule has 0 aliphatic carbocycles. The zero-order chi connectivity index (χ0) is 26.1. The van der Waals surface area contributed by atoms with Gasteiger partial charge in [-0.2, -0.15) is 0 Å². The highest BCUT2D eigenvalue weighted by Gasteiger charge is 2.40. The van der Waals surface area contributed by atoms with Crippen LogP contribution in [0.15, 0.2) is 72.8 Å². The van der Waals surface area contributed by atoms with Crippen LogP contribution in [-0.2, 0) is 0 Å². The lowest BCUT2D eigenvalue weighted by molar-refractivity contribution is 0.378. The first kappa shape index (κ1) is 24.3. The van der Waals surface area contributed by atoms with Crippen LogP contribution in [0.3, 0.4) is 0 Å².